The molecule has 266 valence electrons. The number of nitrogen functional groups attached to an aromatic ring is 1. The number of oxime groups is 1. The number of aromatic nitrogens is 1. The number of anilines is 1. The number of ether oxygens (including phenoxy) is 1. The zero-order chi connectivity index (χ0) is 35.7. The zero-order valence-electron chi connectivity index (χ0n) is 26.7. The Balaban J connectivity index is 1.23. The number of ketones is 1. The molecule has 18 nitrogen and oxygen atoms in total. The normalized spacial score (nSPS) is 23.1. The highest BCUT2D eigenvalue weighted by Crippen LogP contribution is 2.40. The standard InChI is InChI=1S/C29H38N8O10S2/c1-29(2)20(25(39)37(29)47-49(42,43)44)10-22(38)24(21-14-48-28(32)34-21)35-46-23(26(40)41)13-45-19-8-3-15-11-36(12-16(15)9-19)27(31)33-18-6-4-17(30)5-7-18/h3,8-9,14,17-18,20,23H,4-7,10-13,30H2,1-2H3,(H2,31,33)(H2,32,34)(H,40,41)(H,42,43,44)/b35-24-/t17?,18?,20-,23+/m1/s1. The summed E-state index contributed by atoms with van der Waals surface area (Å²) in [6.45, 7) is 3.44. The van der Waals surface area contributed by atoms with E-state index in [1.165, 1.54) is 19.2 Å². The van der Waals surface area contributed by atoms with Crippen molar-refractivity contribution in [2.45, 2.75) is 82.8 Å². The van der Waals surface area contributed by atoms with Gasteiger partial charge in [0.15, 0.2) is 22.6 Å². The van der Waals surface area contributed by atoms with Crippen molar-refractivity contribution in [1.82, 2.24) is 14.9 Å². The number of thiazole rings is 1. The minimum absolute atomic E-state index is 0.0220. The van der Waals surface area contributed by atoms with Crippen LogP contribution in [0.2, 0.25) is 0 Å². The Morgan fingerprint density at radius 2 is 1.88 bits per heavy atom. The molecule has 5 rings (SSSR count). The van der Waals surface area contributed by atoms with Crippen molar-refractivity contribution in [1.29, 1.82) is 0 Å². The van der Waals surface area contributed by atoms with E-state index >= 15 is 0 Å². The number of β-lactam (4-membered cyclic amide) rings is 1. The van der Waals surface area contributed by atoms with Gasteiger partial charge in [-0.2, -0.15) is 13.5 Å². The third kappa shape index (κ3) is 8.44. The van der Waals surface area contributed by atoms with Crippen molar-refractivity contribution in [3.8, 4) is 5.75 Å². The SMILES string of the molecule is CC1(C)[C@H](CC(=O)/C(=N\O[C@@H](COc2ccc3c(c2)CN(C(N)=NC2CCC(N)CC2)C3)C(=O)O)c2csc(N)n2)C(=O)N1OS(=O)(=O)O. The molecule has 2 fully saturated rings. The number of hydrogen-bond donors (Lipinski definition) is 5. The van der Waals surface area contributed by atoms with Crippen LogP contribution in [0.25, 0.3) is 0 Å². The second-order valence-corrected chi connectivity index (χ2v) is 14.5. The lowest BCUT2D eigenvalue weighted by molar-refractivity contribution is -0.228. The van der Waals surface area contributed by atoms with Crippen LogP contribution in [0.5, 0.6) is 5.75 Å². The van der Waals surface area contributed by atoms with Crippen LogP contribution in [0.15, 0.2) is 33.7 Å². The van der Waals surface area contributed by atoms with Crippen LogP contribution >= 0.6 is 11.3 Å². The summed E-state index contributed by atoms with van der Waals surface area (Å²) in [7, 11) is -4.99. The molecule has 1 amide bonds. The summed E-state index contributed by atoms with van der Waals surface area (Å²) in [4.78, 5) is 54.0. The van der Waals surface area contributed by atoms with Crippen molar-refractivity contribution < 1.29 is 46.3 Å². The van der Waals surface area contributed by atoms with Gasteiger partial charge in [-0.1, -0.05) is 11.2 Å². The van der Waals surface area contributed by atoms with Crippen molar-refractivity contribution >= 4 is 56.2 Å². The number of nitrogens with zero attached hydrogens (tertiary/aromatic N) is 5. The van der Waals surface area contributed by atoms with Crippen LogP contribution in [0.3, 0.4) is 0 Å². The first kappa shape index (κ1) is 35.9. The molecule has 49 heavy (non-hydrogen) atoms. The topological polar surface area (TPSA) is 276 Å². The molecule has 3 aliphatic rings. The van der Waals surface area contributed by atoms with Crippen LogP contribution in [0.1, 0.15) is 62.8 Å². The fourth-order valence-corrected chi connectivity index (χ4v) is 6.84. The third-order valence-electron chi connectivity index (χ3n) is 8.69. The molecule has 20 heteroatoms. The molecule has 2 atom stereocenters. The van der Waals surface area contributed by atoms with Crippen molar-refractivity contribution in [3.63, 3.8) is 0 Å². The molecule has 1 saturated carbocycles. The summed E-state index contributed by atoms with van der Waals surface area (Å²) < 4.78 is 41.3. The molecular formula is C29H38N8O10S2. The Bertz CT molecular complexity index is 1770. The van der Waals surface area contributed by atoms with Gasteiger partial charge in [-0.3, -0.25) is 14.1 Å². The highest BCUT2D eigenvalue weighted by molar-refractivity contribution is 7.80. The molecule has 1 aromatic carbocycles. The predicted molar refractivity (Wildman–Crippen MR) is 175 cm³/mol. The van der Waals surface area contributed by atoms with Gasteiger partial charge in [-0.15, -0.1) is 15.6 Å². The molecular weight excluding hydrogens is 684 g/mol. The number of Topliss-reactive ketones (excluding diaryl/α,β-unsaturated/α-hetero) is 1. The fourth-order valence-electron chi connectivity index (χ4n) is 5.84. The lowest BCUT2D eigenvalue weighted by Crippen LogP contribution is -2.68. The zero-order valence-corrected chi connectivity index (χ0v) is 28.4. The quantitative estimate of drug-likeness (QED) is 0.0629. The Morgan fingerprint density at radius 1 is 1.18 bits per heavy atom. The second kappa shape index (κ2) is 14.2. The average molecular weight is 723 g/mol. The van der Waals surface area contributed by atoms with E-state index in [0.717, 1.165) is 48.1 Å². The molecule has 2 aliphatic heterocycles. The number of aliphatic carboxylic acids is 1. The maximum absolute atomic E-state index is 13.4. The van der Waals surface area contributed by atoms with E-state index in [2.05, 4.69) is 14.4 Å². The number of carboxylic acids is 1. The van der Waals surface area contributed by atoms with Gasteiger partial charge in [0.1, 0.15) is 18.1 Å². The minimum atomic E-state index is -4.99. The van der Waals surface area contributed by atoms with E-state index in [-0.39, 0.29) is 22.9 Å². The van der Waals surface area contributed by atoms with E-state index in [1.807, 2.05) is 11.0 Å². The number of rotatable bonds is 13. The highest BCUT2D eigenvalue weighted by atomic mass is 32.3. The Morgan fingerprint density at radius 3 is 2.49 bits per heavy atom. The van der Waals surface area contributed by atoms with Crippen LogP contribution in [-0.2, 0) is 47.0 Å². The first-order valence-electron chi connectivity index (χ1n) is 15.3. The van der Waals surface area contributed by atoms with Gasteiger partial charge < -0.3 is 36.8 Å². The number of carbonyl (C=O) groups is 3. The Kier molecular flexibility index (Phi) is 10.4. The average Bonchev–Trinajstić information content (AvgIpc) is 3.66. The summed E-state index contributed by atoms with van der Waals surface area (Å²) >= 11 is 0.988. The lowest BCUT2D eigenvalue weighted by Gasteiger charge is -2.50. The summed E-state index contributed by atoms with van der Waals surface area (Å²) in [5, 5.41) is 15.6. The summed E-state index contributed by atoms with van der Waals surface area (Å²) in [6.07, 6.45) is 1.48. The van der Waals surface area contributed by atoms with Crippen LogP contribution in [0.4, 0.5) is 5.13 Å². The number of benzene rings is 1. The minimum Gasteiger partial charge on any atom is -0.489 e. The van der Waals surface area contributed by atoms with Gasteiger partial charge in [-0.05, 0) is 62.8 Å². The van der Waals surface area contributed by atoms with E-state index in [9.17, 15) is 27.9 Å². The lowest BCUT2D eigenvalue weighted by atomic mass is 9.74. The number of carboxylic acid groups (broad SMARTS) is 1. The molecule has 8 N–H and O–H groups in total. The number of hydrogen-bond acceptors (Lipinski definition) is 14. The van der Waals surface area contributed by atoms with E-state index in [4.69, 9.17) is 36.3 Å². The monoisotopic (exact) mass is 722 g/mol. The molecule has 2 aromatic rings. The Hall–Kier alpha value is -4.37. The van der Waals surface area contributed by atoms with Crippen molar-refractivity contribution in [2.75, 3.05) is 12.3 Å². The fraction of sp³-hybridized carbons (Fsp3) is 0.517. The van der Waals surface area contributed by atoms with Gasteiger partial charge in [0.25, 0.3) is 12.0 Å². The van der Waals surface area contributed by atoms with Crippen molar-refractivity contribution in [2.24, 2.45) is 27.5 Å². The van der Waals surface area contributed by atoms with Crippen LogP contribution in [-0.4, -0.2) is 92.7 Å². The number of fused-ring (bicyclic) bond motifs is 1. The summed E-state index contributed by atoms with van der Waals surface area (Å²) in [5.41, 5.74) is 18.3. The number of amides is 1. The third-order valence-corrected chi connectivity index (χ3v) is 9.70. The second-order valence-electron chi connectivity index (χ2n) is 12.6. The first-order chi connectivity index (χ1) is 23.0. The maximum atomic E-state index is 13.4. The number of aliphatic imine (C=N–C) groups is 1. The smallest absolute Gasteiger partial charge is 0.418 e. The highest BCUT2D eigenvalue weighted by Gasteiger charge is 2.57. The maximum Gasteiger partial charge on any atom is 0.418 e. The van der Waals surface area contributed by atoms with Gasteiger partial charge in [0.05, 0.1) is 17.5 Å². The van der Waals surface area contributed by atoms with E-state index < -0.39 is 64.4 Å². The number of hydroxylamine groups is 2. The molecule has 1 saturated heterocycles. The molecule has 0 bridgehead atoms. The van der Waals surface area contributed by atoms with E-state index in [1.54, 1.807) is 12.1 Å². The van der Waals surface area contributed by atoms with Gasteiger partial charge in [0.2, 0.25) is 0 Å². The Labute approximate surface area is 285 Å². The summed E-state index contributed by atoms with van der Waals surface area (Å²) in [6, 6.07) is 5.70. The summed E-state index contributed by atoms with van der Waals surface area (Å²) in [5.74, 6) is -3.33. The van der Waals surface area contributed by atoms with Crippen molar-refractivity contribution in [3.05, 3.63) is 40.4 Å². The molecule has 1 aliphatic carbocycles. The molecule has 0 unspecified atom stereocenters. The number of guanidine groups is 1. The molecule has 1 aromatic heterocycles. The van der Waals surface area contributed by atoms with Gasteiger partial charge in [0, 0.05) is 30.9 Å². The van der Waals surface area contributed by atoms with Gasteiger partial charge in [-0.25, -0.2) is 14.8 Å². The van der Waals surface area contributed by atoms with Crippen LogP contribution in [0, 0.1) is 5.92 Å². The first-order valence-corrected chi connectivity index (χ1v) is 17.6. The molecule has 3 heterocycles. The number of nitrogens with two attached hydrogens (primary N) is 3. The number of carbonyl (C=O) groups excluding carboxylic acids is 2. The van der Waals surface area contributed by atoms with Crippen LogP contribution < -0.4 is 21.9 Å². The molecule has 0 radical (unpaired) electrons. The molecule has 0 spiro atoms. The predicted octanol–water partition coefficient (Wildman–Crippen LogP) is 0.809. The van der Waals surface area contributed by atoms with Gasteiger partial charge >= 0.3 is 16.4 Å². The largest absolute Gasteiger partial charge is 0.489 e. The van der Waals surface area contributed by atoms with E-state index in [0.29, 0.717) is 29.9 Å².